The molecule has 0 atom stereocenters. The van der Waals surface area contributed by atoms with Gasteiger partial charge in [0.2, 0.25) is 0 Å². The van der Waals surface area contributed by atoms with Gasteiger partial charge in [-0.3, -0.25) is 4.79 Å². The molecule has 1 aromatic heterocycles. The summed E-state index contributed by atoms with van der Waals surface area (Å²) in [7, 11) is 0. The minimum absolute atomic E-state index is 0.134. The van der Waals surface area contributed by atoms with Crippen molar-refractivity contribution in [3.63, 3.8) is 0 Å². The van der Waals surface area contributed by atoms with E-state index in [4.69, 9.17) is 4.42 Å². The van der Waals surface area contributed by atoms with Crippen molar-refractivity contribution in [2.75, 3.05) is 0 Å². The third-order valence-electron chi connectivity index (χ3n) is 1.90. The van der Waals surface area contributed by atoms with Gasteiger partial charge in [-0.1, -0.05) is 12.1 Å². The van der Waals surface area contributed by atoms with Crippen molar-refractivity contribution in [2.24, 2.45) is 0 Å². The van der Waals surface area contributed by atoms with Crippen LogP contribution in [0.15, 0.2) is 33.5 Å². The zero-order chi connectivity index (χ0) is 10.1. The van der Waals surface area contributed by atoms with Crippen LogP contribution in [0.25, 0.3) is 11.0 Å². The van der Waals surface area contributed by atoms with Gasteiger partial charge in [0, 0.05) is 0 Å². The maximum atomic E-state index is 13.4. The Balaban J connectivity index is 3.00. The lowest BCUT2D eigenvalue weighted by Crippen LogP contribution is -2.09. The Morgan fingerprint density at radius 3 is 2.71 bits per heavy atom. The summed E-state index contributed by atoms with van der Waals surface area (Å²) in [6.07, 6.45) is 0.160. The summed E-state index contributed by atoms with van der Waals surface area (Å²) in [5.41, 5.74) is -1.37. The van der Waals surface area contributed by atoms with Gasteiger partial charge in [-0.2, -0.15) is 0 Å². The van der Waals surface area contributed by atoms with Crippen molar-refractivity contribution in [3.05, 3.63) is 46.1 Å². The number of benzene rings is 1. The number of carbonyl (C=O) groups is 1. The first kappa shape index (κ1) is 8.62. The first-order valence-corrected chi connectivity index (χ1v) is 3.90. The lowest BCUT2D eigenvalue weighted by atomic mass is 10.2. The molecular weight excluding hydrogens is 187 g/mol. The number of halogens is 1. The zero-order valence-electron chi connectivity index (χ0n) is 6.99. The van der Waals surface area contributed by atoms with Gasteiger partial charge in [0.1, 0.15) is 11.1 Å². The van der Waals surface area contributed by atoms with E-state index in [-0.39, 0.29) is 17.3 Å². The molecular formula is C10H5FO3. The molecule has 0 spiro atoms. The number of fused-ring (bicyclic) bond motifs is 1. The van der Waals surface area contributed by atoms with Crippen molar-refractivity contribution in [3.8, 4) is 0 Å². The van der Waals surface area contributed by atoms with Gasteiger partial charge in [-0.15, -0.1) is 0 Å². The van der Waals surface area contributed by atoms with E-state index in [1.54, 1.807) is 12.1 Å². The van der Waals surface area contributed by atoms with Crippen LogP contribution in [-0.4, -0.2) is 6.29 Å². The molecule has 70 valence electrons. The Bertz CT molecular complexity index is 557. The number of aldehydes is 1. The number of rotatable bonds is 1. The monoisotopic (exact) mass is 192 g/mol. The van der Waals surface area contributed by atoms with Crippen LogP contribution in [0.4, 0.5) is 4.39 Å². The standard InChI is InChI=1S/C10H5FO3/c11-9-6-3-1-2-4-8(6)14-10(13)7(9)5-12/h1-5H. The molecule has 4 heteroatoms. The predicted octanol–water partition coefficient (Wildman–Crippen LogP) is 1.74. The van der Waals surface area contributed by atoms with Gasteiger partial charge in [0.15, 0.2) is 12.1 Å². The number of hydrogen-bond donors (Lipinski definition) is 0. The summed E-state index contributed by atoms with van der Waals surface area (Å²) < 4.78 is 18.2. The van der Waals surface area contributed by atoms with Crippen LogP contribution < -0.4 is 5.63 Å². The second kappa shape index (κ2) is 3.06. The van der Waals surface area contributed by atoms with Crippen molar-refractivity contribution >= 4 is 17.3 Å². The summed E-state index contributed by atoms with van der Waals surface area (Å²) in [4.78, 5) is 21.4. The average Bonchev–Trinajstić information content (AvgIpc) is 2.18. The quantitative estimate of drug-likeness (QED) is 0.510. The van der Waals surface area contributed by atoms with Gasteiger partial charge in [0.25, 0.3) is 0 Å². The Kier molecular flexibility index (Phi) is 1.89. The Hall–Kier alpha value is -1.97. The smallest absolute Gasteiger partial charge is 0.349 e. The van der Waals surface area contributed by atoms with E-state index in [1.165, 1.54) is 12.1 Å². The molecule has 1 heterocycles. The number of carbonyl (C=O) groups excluding carboxylic acids is 1. The lowest BCUT2D eigenvalue weighted by molar-refractivity contribution is 0.111. The molecule has 0 N–H and O–H groups in total. The molecule has 0 saturated carbocycles. The van der Waals surface area contributed by atoms with Gasteiger partial charge in [-0.25, -0.2) is 9.18 Å². The minimum atomic E-state index is -0.948. The average molecular weight is 192 g/mol. The highest BCUT2D eigenvalue weighted by molar-refractivity contribution is 5.84. The van der Waals surface area contributed by atoms with Crippen LogP contribution in [0.2, 0.25) is 0 Å². The molecule has 0 saturated heterocycles. The molecule has 0 amide bonds. The molecule has 14 heavy (non-hydrogen) atoms. The van der Waals surface area contributed by atoms with E-state index in [2.05, 4.69) is 0 Å². The molecule has 0 aliphatic heterocycles. The maximum Gasteiger partial charge on any atom is 0.349 e. The van der Waals surface area contributed by atoms with E-state index in [0.717, 1.165) is 0 Å². The summed E-state index contributed by atoms with van der Waals surface area (Å²) in [6.45, 7) is 0. The van der Waals surface area contributed by atoms with Gasteiger partial charge < -0.3 is 4.42 Å². The summed E-state index contributed by atoms with van der Waals surface area (Å²) in [5.74, 6) is -0.827. The van der Waals surface area contributed by atoms with Crippen LogP contribution >= 0.6 is 0 Å². The fraction of sp³-hybridized carbons (Fsp3) is 0. The third kappa shape index (κ3) is 1.12. The van der Waals surface area contributed by atoms with Gasteiger partial charge in [-0.05, 0) is 12.1 Å². The van der Waals surface area contributed by atoms with E-state index in [9.17, 15) is 14.0 Å². The Labute approximate surface area is 77.8 Å². The van der Waals surface area contributed by atoms with E-state index < -0.39 is 17.0 Å². The predicted molar refractivity (Wildman–Crippen MR) is 47.8 cm³/mol. The Morgan fingerprint density at radius 2 is 2.00 bits per heavy atom. The highest BCUT2D eigenvalue weighted by Crippen LogP contribution is 2.16. The largest absolute Gasteiger partial charge is 0.422 e. The highest BCUT2D eigenvalue weighted by Gasteiger charge is 2.12. The third-order valence-corrected chi connectivity index (χ3v) is 1.90. The molecule has 0 aliphatic carbocycles. The van der Waals surface area contributed by atoms with Crippen LogP contribution in [-0.2, 0) is 0 Å². The minimum Gasteiger partial charge on any atom is -0.422 e. The van der Waals surface area contributed by atoms with E-state index >= 15 is 0 Å². The van der Waals surface area contributed by atoms with Crippen LogP contribution in [0, 0.1) is 5.82 Å². The molecule has 0 radical (unpaired) electrons. The Morgan fingerprint density at radius 1 is 1.29 bits per heavy atom. The molecule has 2 rings (SSSR count). The van der Waals surface area contributed by atoms with E-state index in [1.807, 2.05) is 0 Å². The second-order valence-corrected chi connectivity index (χ2v) is 2.73. The van der Waals surface area contributed by atoms with Crippen molar-refractivity contribution in [1.82, 2.24) is 0 Å². The molecule has 1 aromatic carbocycles. The van der Waals surface area contributed by atoms with Gasteiger partial charge >= 0.3 is 5.63 Å². The highest BCUT2D eigenvalue weighted by atomic mass is 19.1. The normalized spacial score (nSPS) is 10.4. The first-order chi connectivity index (χ1) is 6.74. The van der Waals surface area contributed by atoms with Crippen LogP contribution in [0.1, 0.15) is 10.4 Å². The molecule has 0 fully saturated rings. The first-order valence-electron chi connectivity index (χ1n) is 3.90. The molecule has 2 aromatic rings. The topological polar surface area (TPSA) is 47.3 Å². The fourth-order valence-electron chi connectivity index (χ4n) is 1.23. The van der Waals surface area contributed by atoms with Crippen LogP contribution in [0.5, 0.6) is 0 Å². The summed E-state index contributed by atoms with van der Waals surface area (Å²) >= 11 is 0. The van der Waals surface area contributed by atoms with E-state index in [0.29, 0.717) is 0 Å². The molecule has 0 bridgehead atoms. The maximum absolute atomic E-state index is 13.4. The number of hydrogen-bond acceptors (Lipinski definition) is 3. The van der Waals surface area contributed by atoms with Gasteiger partial charge in [0.05, 0.1) is 5.39 Å². The summed E-state index contributed by atoms with van der Waals surface area (Å²) in [5, 5.41) is 0.134. The second-order valence-electron chi connectivity index (χ2n) is 2.73. The fourth-order valence-corrected chi connectivity index (χ4v) is 1.23. The molecule has 3 nitrogen and oxygen atoms in total. The molecule has 0 unspecified atom stereocenters. The number of para-hydroxylation sites is 1. The molecule has 0 aliphatic rings. The summed E-state index contributed by atoms with van der Waals surface area (Å²) in [6, 6.07) is 6.13. The van der Waals surface area contributed by atoms with Crippen molar-refractivity contribution in [2.45, 2.75) is 0 Å². The zero-order valence-corrected chi connectivity index (χ0v) is 6.99. The van der Waals surface area contributed by atoms with Crippen molar-refractivity contribution < 1.29 is 13.6 Å². The van der Waals surface area contributed by atoms with Crippen molar-refractivity contribution in [1.29, 1.82) is 0 Å². The lowest BCUT2D eigenvalue weighted by Gasteiger charge is -1.98. The van der Waals surface area contributed by atoms with Crippen LogP contribution in [0.3, 0.4) is 0 Å². The SMILES string of the molecule is O=Cc1c(F)c2ccccc2oc1=O.